The maximum absolute atomic E-state index is 13.0. The molecule has 1 amide bonds. The number of aromatic nitrogens is 1. The van der Waals surface area contributed by atoms with Gasteiger partial charge in [-0.1, -0.05) is 18.5 Å². The van der Waals surface area contributed by atoms with E-state index >= 15 is 0 Å². The van der Waals surface area contributed by atoms with Crippen LogP contribution in [0.15, 0.2) is 36.5 Å². The molecule has 0 unspecified atom stereocenters. The van der Waals surface area contributed by atoms with Crippen molar-refractivity contribution in [2.45, 2.75) is 13.3 Å². The molecule has 0 radical (unpaired) electrons. The number of hydrogen-bond acceptors (Lipinski definition) is 3. The molecule has 0 atom stereocenters. The quantitative estimate of drug-likeness (QED) is 0.897. The zero-order valence-corrected chi connectivity index (χ0v) is 11.5. The second-order valence-corrected chi connectivity index (χ2v) is 4.49. The van der Waals surface area contributed by atoms with Crippen molar-refractivity contribution in [1.29, 1.82) is 0 Å². The van der Waals surface area contributed by atoms with E-state index in [1.807, 2.05) is 0 Å². The SMILES string of the molecule is CCC(=O)Nc1ccc(Nc2ccc(F)c(Cl)c2)cn1. The van der Waals surface area contributed by atoms with E-state index in [4.69, 9.17) is 11.6 Å². The zero-order chi connectivity index (χ0) is 14.5. The first-order valence-electron chi connectivity index (χ1n) is 6.06. The molecule has 2 aromatic rings. The lowest BCUT2D eigenvalue weighted by molar-refractivity contribution is -0.115. The summed E-state index contributed by atoms with van der Waals surface area (Å²) in [6.45, 7) is 1.77. The molecule has 0 aliphatic rings. The molecule has 0 fully saturated rings. The van der Waals surface area contributed by atoms with E-state index < -0.39 is 5.82 Å². The highest BCUT2D eigenvalue weighted by Gasteiger charge is 2.03. The van der Waals surface area contributed by atoms with E-state index in [2.05, 4.69) is 15.6 Å². The van der Waals surface area contributed by atoms with Gasteiger partial charge in [-0.25, -0.2) is 9.37 Å². The van der Waals surface area contributed by atoms with Crippen LogP contribution in [0.2, 0.25) is 5.02 Å². The van der Waals surface area contributed by atoms with Gasteiger partial charge in [0.15, 0.2) is 0 Å². The van der Waals surface area contributed by atoms with E-state index in [9.17, 15) is 9.18 Å². The Labute approximate surface area is 121 Å². The van der Waals surface area contributed by atoms with Crippen LogP contribution in [0.5, 0.6) is 0 Å². The first-order valence-corrected chi connectivity index (χ1v) is 6.44. The minimum atomic E-state index is -0.465. The molecule has 0 aliphatic carbocycles. The number of pyridine rings is 1. The Balaban J connectivity index is 2.06. The molecule has 104 valence electrons. The van der Waals surface area contributed by atoms with Gasteiger partial charge in [-0.15, -0.1) is 0 Å². The highest BCUT2D eigenvalue weighted by Crippen LogP contribution is 2.22. The first kappa shape index (κ1) is 14.3. The Hall–Kier alpha value is -2.14. The van der Waals surface area contributed by atoms with Crippen molar-refractivity contribution in [3.63, 3.8) is 0 Å². The zero-order valence-electron chi connectivity index (χ0n) is 10.8. The van der Waals surface area contributed by atoms with Gasteiger partial charge in [0.1, 0.15) is 11.6 Å². The minimum absolute atomic E-state index is 0.0507. The molecule has 1 aromatic heterocycles. The van der Waals surface area contributed by atoms with Crippen molar-refractivity contribution < 1.29 is 9.18 Å². The summed E-state index contributed by atoms with van der Waals surface area (Å²) in [6, 6.07) is 7.79. The summed E-state index contributed by atoms with van der Waals surface area (Å²) in [7, 11) is 0. The number of carbonyl (C=O) groups excluding carboxylic acids is 1. The van der Waals surface area contributed by atoms with Gasteiger partial charge in [0.25, 0.3) is 0 Å². The number of halogens is 2. The number of anilines is 3. The van der Waals surface area contributed by atoms with Gasteiger partial charge in [-0.3, -0.25) is 4.79 Å². The predicted octanol–water partition coefficient (Wildman–Crippen LogP) is 3.97. The third-order valence-electron chi connectivity index (χ3n) is 2.56. The fraction of sp³-hybridized carbons (Fsp3) is 0.143. The van der Waals surface area contributed by atoms with Crippen LogP contribution in [0.4, 0.5) is 21.6 Å². The van der Waals surface area contributed by atoms with E-state index in [1.54, 1.807) is 31.3 Å². The minimum Gasteiger partial charge on any atom is -0.354 e. The Morgan fingerprint density at radius 1 is 1.30 bits per heavy atom. The number of rotatable bonds is 4. The smallest absolute Gasteiger partial charge is 0.225 e. The molecule has 0 saturated heterocycles. The third-order valence-corrected chi connectivity index (χ3v) is 2.85. The molecule has 20 heavy (non-hydrogen) atoms. The molecule has 4 nitrogen and oxygen atoms in total. The van der Waals surface area contributed by atoms with Crippen LogP contribution in [0.25, 0.3) is 0 Å². The molecule has 1 aromatic carbocycles. The van der Waals surface area contributed by atoms with Crippen LogP contribution in [0.1, 0.15) is 13.3 Å². The summed E-state index contributed by atoms with van der Waals surface area (Å²) in [4.78, 5) is 15.3. The first-order chi connectivity index (χ1) is 9.58. The lowest BCUT2D eigenvalue weighted by Crippen LogP contribution is -2.10. The van der Waals surface area contributed by atoms with Gasteiger partial charge < -0.3 is 10.6 Å². The second kappa shape index (κ2) is 6.34. The van der Waals surface area contributed by atoms with Crippen LogP contribution in [-0.4, -0.2) is 10.9 Å². The Morgan fingerprint density at radius 3 is 2.65 bits per heavy atom. The van der Waals surface area contributed by atoms with Crippen LogP contribution in [0.3, 0.4) is 0 Å². The summed E-state index contributed by atoms with van der Waals surface area (Å²) >= 11 is 5.70. The van der Waals surface area contributed by atoms with E-state index in [0.29, 0.717) is 23.6 Å². The van der Waals surface area contributed by atoms with E-state index in [1.165, 1.54) is 12.1 Å². The van der Waals surface area contributed by atoms with Gasteiger partial charge in [0.05, 0.1) is 16.9 Å². The van der Waals surface area contributed by atoms with Gasteiger partial charge in [-0.2, -0.15) is 0 Å². The number of hydrogen-bond donors (Lipinski definition) is 2. The lowest BCUT2D eigenvalue weighted by atomic mass is 10.3. The van der Waals surface area contributed by atoms with Crippen LogP contribution < -0.4 is 10.6 Å². The van der Waals surface area contributed by atoms with Crippen molar-refractivity contribution >= 4 is 34.7 Å². The molecular formula is C14H13ClFN3O. The van der Waals surface area contributed by atoms with Crippen molar-refractivity contribution in [3.05, 3.63) is 47.4 Å². The Morgan fingerprint density at radius 2 is 2.05 bits per heavy atom. The molecule has 0 bridgehead atoms. The van der Waals surface area contributed by atoms with Crippen molar-refractivity contribution in [2.75, 3.05) is 10.6 Å². The van der Waals surface area contributed by atoms with E-state index in [-0.39, 0.29) is 10.9 Å². The molecule has 2 N–H and O–H groups in total. The average molecular weight is 294 g/mol. The number of nitrogens with one attached hydrogen (secondary N) is 2. The third kappa shape index (κ3) is 3.68. The normalized spacial score (nSPS) is 10.2. The topological polar surface area (TPSA) is 54.0 Å². The average Bonchev–Trinajstić information content (AvgIpc) is 2.45. The van der Waals surface area contributed by atoms with Gasteiger partial charge >= 0.3 is 0 Å². The highest BCUT2D eigenvalue weighted by atomic mass is 35.5. The standard InChI is InChI=1S/C14H13ClFN3O/c1-2-14(20)19-13-6-4-10(8-17-13)18-9-3-5-12(16)11(15)7-9/h3-8,18H,2H2,1H3,(H,17,19,20). The van der Waals surface area contributed by atoms with Crippen LogP contribution in [0, 0.1) is 5.82 Å². The van der Waals surface area contributed by atoms with Crippen molar-refractivity contribution in [1.82, 2.24) is 4.98 Å². The summed E-state index contributed by atoms with van der Waals surface area (Å²) in [5, 5.41) is 5.74. The van der Waals surface area contributed by atoms with Gasteiger partial charge in [0, 0.05) is 12.1 Å². The number of carbonyl (C=O) groups is 1. The van der Waals surface area contributed by atoms with Crippen molar-refractivity contribution in [2.24, 2.45) is 0 Å². The molecule has 1 heterocycles. The summed E-state index contributed by atoms with van der Waals surface area (Å²) < 4.78 is 13.0. The molecule has 0 saturated carbocycles. The van der Waals surface area contributed by atoms with Gasteiger partial charge in [-0.05, 0) is 30.3 Å². The van der Waals surface area contributed by atoms with Crippen molar-refractivity contribution in [3.8, 4) is 0 Å². The molecule has 0 spiro atoms. The molecule has 0 aliphatic heterocycles. The van der Waals surface area contributed by atoms with E-state index in [0.717, 1.165) is 0 Å². The van der Waals surface area contributed by atoms with Gasteiger partial charge in [0.2, 0.25) is 5.91 Å². The largest absolute Gasteiger partial charge is 0.354 e. The fourth-order valence-corrected chi connectivity index (χ4v) is 1.69. The lowest BCUT2D eigenvalue weighted by Gasteiger charge is -2.08. The summed E-state index contributed by atoms with van der Waals surface area (Å²) in [5.74, 6) is -0.0731. The maximum Gasteiger partial charge on any atom is 0.225 e. The number of nitrogens with zero attached hydrogens (tertiary/aromatic N) is 1. The van der Waals surface area contributed by atoms with Crippen LogP contribution in [-0.2, 0) is 4.79 Å². The fourth-order valence-electron chi connectivity index (χ4n) is 1.51. The molecule has 2 rings (SSSR count). The Bertz CT molecular complexity index is 616. The summed E-state index contributed by atoms with van der Waals surface area (Å²) in [6.07, 6.45) is 1.97. The second-order valence-electron chi connectivity index (χ2n) is 4.09. The maximum atomic E-state index is 13.0. The number of benzene rings is 1. The Kier molecular flexibility index (Phi) is 4.53. The molecule has 6 heteroatoms. The highest BCUT2D eigenvalue weighted by molar-refractivity contribution is 6.31. The molecular weight excluding hydrogens is 281 g/mol. The van der Waals surface area contributed by atoms with Crippen LogP contribution >= 0.6 is 11.6 Å². The number of amides is 1. The summed E-state index contributed by atoms with van der Waals surface area (Å²) in [5.41, 5.74) is 1.37. The predicted molar refractivity (Wildman–Crippen MR) is 77.9 cm³/mol. The monoisotopic (exact) mass is 293 g/mol.